The van der Waals surface area contributed by atoms with Crippen molar-refractivity contribution in [3.8, 4) is 17.0 Å². The van der Waals surface area contributed by atoms with Crippen molar-refractivity contribution in [2.45, 2.75) is 20.0 Å². The van der Waals surface area contributed by atoms with E-state index in [1.165, 1.54) is 13.2 Å². The number of methoxy groups -OCH3 is 1. The third kappa shape index (κ3) is 4.09. The number of hydrogen-bond acceptors (Lipinski definition) is 7. The van der Waals surface area contributed by atoms with Gasteiger partial charge in [-0.25, -0.2) is 9.49 Å². The zero-order valence-corrected chi connectivity index (χ0v) is 18.2. The maximum atomic E-state index is 15.0. The number of hydrogen-bond donors (Lipinski definition) is 4. The molecule has 5 N–H and O–H groups in total. The van der Waals surface area contributed by atoms with Crippen LogP contribution in [-0.4, -0.2) is 64.0 Å². The molecule has 1 aromatic carbocycles. The van der Waals surface area contributed by atoms with Crippen LogP contribution >= 0.6 is 0 Å². The summed E-state index contributed by atoms with van der Waals surface area (Å²) in [6, 6.07) is 3.11. The van der Waals surface area contributed by atoms with Gasteiger partial charge in [0.05, 0.1) is 35.7 Å². The average Bonchev–Trinajstić information content (AvgIpc) is 3.38. The molecule has 32 heavy (non-hydrogen) atoms. The maximum absolute atomic E-state index is 15.0. The van der Waals surface area contributed by atoms with Gasteiger partial charge in [0.1, 0.15) is 11.9 Å². The summed E-state index contributed by atoms with van der Waals surface area (Å²) in [6.45, 7) is 5.65. The van der Waals surface area contributed by atoms with Crippen molar-refractivity contribution < 1.29 is 13.9 Å². The van der Waals surface area contributed by atoms with Crippen molar-refractivity contribution >= 4 is 22.9 Å². The molecule has 1 aliphatic heterocycles. The van der Waals surface area contributed by atoms with E-state index in [0.717, 1.165) is 6.54 Å². The molecule has 1 atom stereocenters. The van der Waals surface area contributed by atoms with Crippen molar-refractivity contribution in [3.05, 3.63) is 47.2 Å². The summed E-state index contributed by atoms with van der Waals surface area (Å²) in [4.78, 5) is 2.10. The lowest BCUT2D eigenvalue weighted by Gasteiger charge is -2.25. The van der Waals surface area contributed by atoms with Crippen LogP contribution in [0.4, 0.5) is 4.39 Å². The van der Waals surface area contributed by atoms with Crippen LogP contribution in [0.15, 0.2) is 35.7 Å². The van der Waals surface area contributed by atoms with E-state index in [9.17, 15) is 4.39 Å². The first-order valence-electron chi connectivity index (χ1n) is 10.3. The molecule has 3 heterocycles. The fourth-order valence-electron chi connectivity index (χ4n) is 3.78. The summed E-state index contributed by atoms with van der Waals surface area (Å²) in [5, 5.41) is 23.0. The van der Waals surface area contributed by atoms with Crippen LogP contribution in [0.5, 0.6) is 5.88 Å². The smallest absolute Gasteiger partial charge is 0.217 e. The third-order valence-corrected chi connectivity index (χ3v) is 5.45. The molecule has 0 unspecified atom stereocenters. The molecule has 2 aromatic heterocycles. The number of ether oxygens (including phenoxy) is 2. The van der Waals surface area contributed by atoms with Gasteiger partial charge < -0.3 is 15.2 Å². The van der Waals surface area contributed by atoms with Crippen LogP contribution < -0.4 is 10.5 Å². The van der Waals surface area contributed by atoms with E-state index in [1.807, 2.05) is 13.8 Å². The summed E-state index contributed by atoms with van der Waals surface area (Å²) < 4.78 is 26.2. The van der Waals surface area contributed by atoms with Crippen LogP contribution in [-0.2, 0) is 4.74 Å². The molecule has 10 heteroatoms. The van der Waals surface area contributed by atoms with Gasteiger partial charge in [0.2, 0.25) is 11.8 Å². The number of H-pyrrole nitrogens is 2. The number of nitrogens with zero attached hydrogens (tertiary/aromatic N) is 3. The molecule has 168 valence electrons. The molecule has 0 amide bonds. The molecule has 2 bridgehead atoms. The molecule has 0 fully saturated rings. The van der Waals surface area contributed by atoms with Gasteiger partial charge in [-0.05, 0) is 31.7 Å². The van der Waals surface area contributed by atoms with Gasteiger partial charge in [0.25, 0.3) is 0 Å². The number of aromatic nitrogens is 4. The lowest BCUT2D eigenvalue weighted by atomic mass is 10.0. The van der Waals surface area contributed by atoms with Gasteiger partial charge >= 0.3 is 0 Å². The molecule has 0 radical (unpaired) electrons. The Labute approximate surface area is 184 Å². The summed E-state index contributed by atoms with van der Waals surface area (Å²) in [5.41, 5.74) is 9.36. The highest BCUT2D eigenvalue weighted by atomic mass is 19.1. The quantitative estimate of drug-likeness (QED) is 0.359. The van der Waals surface area contributed by atoms with Crippen molar-refractivity contribution in [2.24, 2.45) is 5.73 Å². The van der Waals surface area contributed by atoms with Crippen LogP contribution in [0.1, 0.15) is 19.5 Å². The van der Waals surface area contributed by atoms with Crippen LogP contribution in [0, 0.1) is 11.2 Å². The predicted octanol–water partition coefficient (Wildman–Crippen LogP) is 3.04. The van der Waals surface area contributed by atoms with E-state index >= 15 is 0 Å². The molecule has 3 aromatic rings. The van der Waals surface area contributed by atoms with Crippen molar-refractivity contribution in [1.82, 2.24) is 25.3 Å². The lowest BCUT2D eigenvalue weighted by molar-refractivity contribution is 0.150. The molecule has 0 saturated heterocycles. The number of nitrogens with two attached hydrogens (primary N) is 1. The Bertz CT molecular complexity index is 1210. The Morgan fingerprint density at radius 2 is 2.16 bits per heavy atom. The molecule has 0 saturated carbocycles. The normalized spacial score (nSPS) is 20.9. The summed E-state index contributed by atoms with van der Waals surface area (Å²) >= 11 is 0. The van der Waals surface area contributed by atoms with E-state index in [0.29, 0.717) is 58.0 Å². The number of fused-ring (bicyclic) bond motifs is 3. The third-order valence-electron chi connectivity index (χ3n) is 5.45. The number of aromatic amines is 2. The minimum Gasteiger partial charge on any atom is -0.481 e. The van der Waals surface area contributed by atoms with Gasteiger partial charge in [0.15, 0.2) is 0 Å². The maximum Gasteiger partial charge on any atom is 0.217 e. The van der Waals surface area contributed by atoms with Crippen molar-refractivity contribution in [3.63, 3.8) is 0 Å². The highest BCUT2D eigenvalue weighted by Crippen LogP contribution is 2.34. The van der Waals surface area contributed by atoms with Gasteiger partial charge in [-0.1, -0.05) is 6.92 Å². The Morgan fingerprint density at radius 1 is 1.34 bits per heavy atom. The summed E-state index contributed by atoms with van der Waals surface area (Å²) in [7, 11) is 1.43. The number of nitrogens with one attached hydrogen (secondary N) is 3. The Morgan fingerprint density at radius 3 is 2.91 bits per heavy atom. The number of likely N-dealkylation sites (N-methyl/N-ethyl adjacent to an activating group) is 1. The second-order valence-corrected chi connectivity index (χ2v) is 7.66. The second-order valence-electron chi connectivity index (χ2n) is 7.66. The summed E-state index contributed by atoms with van der Waals surface area (Å²) in [6.07, 6.45) is 4.76. The predicted molar refractivity (Wildman–Crippen MR) is 121 cm³/mol. The molecule has 1 aliphatic rings. The average molecular weight is 439 g/mol. The standard InChI is InChI=1S/C22H26FN7O2/c1-4-30-10-12(2)32-22-16(9-26-29-22)14-7-15-19(27-28-20(15)8-17(14)23)6-5-13(18(24)11-30)21(25)31-3/h5-9,12,25H,4,10-11,24H2,1-3H3,(H,26,29)(H,27,28)/b6-5+,18-13-,25-21?/t12-/m1/s1. The first-order chi connectivity index (χ1) is 15.4. The van der Waals surface area contributed by atoms with E-state index in [2.05, 4.69) is 25.3 Å². The number of rotatable bonds is 2. The van der Waals surface area contributed by atoms with Crippen molar-refractivity contribution in [1.29, 1.82) is 5.41 Å². The van der Waals surface area contributed by atoms with Crippen LogP contribution in [0.25, 0.3) is 28.1 Å². The first-order valence-corrected chi connectivity index (χ1v) is 10.3. The first kappa shape index (κ1) is 21.6. The topological polar surface area (TPSA) is 129 Å². The van der Waals surface area contributed by atoms with E-state index in [4.69, 9.17) is 20.6 Å². The highest BCUT2D eigenvalue weighted by Gasteiger charge is 2.20. The fourth-order valence-corrected chi connectivity index (χ4v) is 3.78. The SMILES string of the molecule is CCN1C/C(N)=C(C(=N)OC)\C=C\c2n[nH]c3cc(F)c(cc23)-c2cn[nH]c2O[C@H](C)C1. The van der Waals surface area contributed by atoms with Gasteiger partial charge in [-0.3, -0.25) is 15.4 Å². The zero-order chi connectivity index (χ0) is 22.8. The Balaban J connectivity index is 1.91. The van der Waals surface area contributed by atoms with Crippen LogP contribution in [0.2, 0.25) is 0 Å². The number of halogens is 1. The fraction of sp³-hybridized carbons (Fsp3) is 0.318. The molecule has 4 rings (SSSR count). The lowest BCUT2D eigenvalue weighted by Crippen LogP contribution is -2.37. The highest BCUT2D eigenvalue weighted by molar-refractivity contribution is 5.97. The van der Waals surface area contributed by atoms with E-state index in [1.54, 1.807) is 24.4 Å². The minimum absolute atomic E-state index is 0.0453. The van der Waals surface area contributed by atoms with Gasteiger partial charge in [-0.15, -0.1) is 0 Å². The van der Waals surface area contributed by atoms with Crippen molar-refractivity contribution in [2.75, 3.05) is 26.7 Å². The summed E-state index contributed by atoms with van der Waals surface area (Å²) in [5.74, 6) is -0.0650. The van der Waals surface area contributed by atoms with E-state index in [-0.39, 0.29) is 12.0 Å². The molecular weight excluding hydrogens is 413 g/mol. The molecule has 0 aliphatic carbocycles. The second kappa shape index (κ2) is 8.83. The van der Waals surface area contributed by atoms with Crippen LogP contribution in [0.3, 0.4) is 0 Å². The number of benzene rings is 1. The van der Waals surface area contributed by atoms with E-state index < -0.39 is 5.82 Å². The largest absolute Gasteiger partial charge is 0.481 e. The Hall–Kier alpha value is -3.66. The molecule has 0 spiro atoms. The molecular formula is C22H26FN7O2. The monoisotopic (exact) mass is 439 g/mol. The van der Waals surface area contributed by atoms with Gasteiger partial charge in [0, 0.05) is 35.8 Å². The Kier molecular flexibility index (Phi) is 5.95. The van der Waals surface area contributed by atoms with Gasteiger partial charge in [-0.2, -0.15) is 10.2 Å². The zero-order valence-electron chi connectivity index (χ0n) is 18.2. The minimum atomic E-state index is -0.416. The molecule has 9 nitrogen and oxygen atoms in total.